The Kier molecular flexibility index (Phi) is 9.53. The van der Waals surface area contributed by atoms with E-state index in [9.17, 15) is 23.1 Å². The molecule has 250 valence electrons. The summed E-state index contributed by atoms with van der Waals surface area (Å²) in [6.45, 7) is 9.63. The van der Waals surface area contributed by atoms with Crippen molar-refractivity contribution in [3.8, 4) is 16.9 Å². The van der Waals surface area contributed by atoms with Gasteiger partial charge in [0.05, 0.1) is 4.90 Å². The van der Waals surface area contributed by atoms with Crippen molar-refractivity contribution in [1.29, 1.82) is 0 Å². The standard InChI is InChI=1S/C35H42N4O7S/c1-20-21(2)31(22(3)27-18-35(4,5)46-30(20)27)47(43,44)39-33(36-6)37-17-11-16-29(32(40)41)38-34(42)45-19-28-25-14-9-7-12-23(25)24-13-8-10-15-26(24)28/h7-10,12-15,28-29H,11,16-19H2,1-6H3,(H,38,42)(H,40,41)(H2,36,37,39)/t29-/m0/s1. The van der Waals surface area contributed by atoms with Gasteiger partial charge in [-0.15, -0.1) is 0 Å². The molecule has 0 spiro atoms. The van der Waals surface area contributed by atoms with Crippen LogP contribution in [0.15, 0.2) is 58.4 Å². The lowest BCUT2D eigenvalue weighted by Crippen LogP contribution is -2.43. The summed E-state index contributed by atoms with van der Waals surface area (Å²) in [5.41, 5.74) is 6.78. The number of amides is 1. The predicted octanol–water partition coefficient (Wildman–Crippen LogP) is 4.95. The van der Waals surface area contributed by atoms with Gasteiger partial charge in [-0.2, -0.15) is 0 Å². The number of carboxylic acid groups (broad SMARTS) is 1. The Morgan fingerprint density at radius 3 is 2.23 bits per heavy atom. The van der Waals surface area contributed by atoms with Crippen LogP contribution in [0.1, 0.15) is 66.0 Å². The normalized spacial score (nSPS) is 15.6. The number of hydrogen-bond acceptors (Lipinski definition) is 7. The summed E-state index contributed by atoms with van der Waals surface area (Å²) < 4.78 is 41.4. The van der Waals surface area contributed by atoms with E-state index in [0.29, 0.717) is 24.0 Å². The third-order valence-corrected chi connectivity index (χ3v) is 10.5. The van der Waals surface area contributed by atoms with Crippen LogP contribution < -0.4 is 20.1 Å². The first-order valence-corrected chi connectivity index (χ1v) is 17.1. The molecule has 0 radical (unpaired) electrons. The van der Waals surface area contributed by atoms with Crippen LogP contribution >= 0.6 is 0 Å². The van der Waals surface area contributed by atoms with Crippen molar-refractivity contribution in [3.05, 3.63) is 81.9 Å². The van der Waals surface area contributed by atoms with Crippen molar-refractivity contribution in [3.63, 3.8) is 0 Å². The van der Waals surface area contributed by atoms with E-state index in [1.807, 2.05) is 69.3 Å². The highest BCUT2D eigenvalue weighted by atomic mass is 32.2. The van der Waals surface area contributed by atoms with Gasteiger partial charge in [-0.1, -0.05) is 48.5 Å². The number of fused-ring (bicyclic) bond motifs is 4. The third-order valence-electron chi connectivity index (χ3n) is 8.91. The number of nitrogens with zero attached hydrogens (tertiary/aromatic N) is 1. The maximum Gasteiger partial charge on any atom is 0.407 e. The minimum Gasteiger partial charge on any atom is -0.487 e. The largest absolute Gasteiger partial charge is 0.487 e. The second kappa shape index (κ2) is 13.3. The van der Waals surface area contributed by atoms with Crippen LogP contribution in [0.3, 0.4) is 0 Å². The molecule has 47 heavy (non-hydrogen) atoms. The Hall–Kier alpha value is -4.58. The minimum absolute atomic E-state index is 0.0231. The number of hydrogen-bond donors (Lipinski definition) is 4. The molecule has 0 bridgehead atoms. The molecule has 0 saturated heterocycles. The van der Waals surface area contributed by atoms with Crippen LogP contribution in [0.25, 0.3) is 11.1 Å². The van der Waals surface area contributed by atoms with Gasteiger partial charge in [0, 0.05) is 31.5 Å². The number of ether oxygens (including phenoxy) is 2. The van der Waals surface area contributed by atoms with Crippen LogP contribution in [-0.2, 0) is 26.0 Å². The van der Waals surface area contributed by atoms with Crippen LogP contribution in [0.4, 0.5) is 4.79 Å². The number of aliphatic carboxylic acids is 1. The molecule has 5 rings (SSSR count). The van der Waals surface area contributed by atoms with E-state index >= 15 is 0 Å². The highest BCUT2D eigenvalue weighted by molar-refractivity contribution is 7.90. The van der Waals surface area contributed by atoms with E-state index in [2.05, 4.69) is 20.3 Å². The van der Waals surface area contributed by atoms with Gasteiger partial charge in [-0.3, -0.25) is 4.99 Å². The summed E-state index contributed by atoms with van der Waals surface area (Å²) in [7, 11) is -2.56. The van der Waals surface area contributed by atoms with Crippen molar-refractivity contribution in [1.82, 2.24) is 15.4 Å². The highest BCUT2D eigenvalue weighted by Gasteiger charge is 2.37. The van der Waals surface area contributed by atoms with Crippen molar-refractivity contribution in [2.75, 3.05) is 20.2 Å². The van der Waals surface area contributed by atoms with E-state index < -0.39 is 33.7 Å². The number of carbonyl (C=O) groups excluding carboxylic acids is 1. The third kappa shape index (κ3) is 6.92. The molecule has 1 aliphatic heterocycles. The molecule has 12 heteroatoms. The Bertz CT molecular complexity index is 1810. The monoisotopic (exact) mass is 662 g/mol. The zero-order valence-electron chi connectivity index (χ0n) is 27.6. The Labute approximate surface area is 275 Å². The quantitative estimate of drug-likeness (QED) is 0.135. The molecule has 0 unspecified atom stereocenters. The van der Waals surface area contributed by atoms with Gasteiger partial charge in [0.25, 0.3) is 10.0 Å². The van der Waals surface area contributed by atoms with Gasteiger partial charge >= 0.3 is 12.1 Å². The number of carboxylic acids is 1. The number of carbonyl (C=O) groups is 2. The number of sulfonamides is 1. The van der Waals surface area contributed by atoms with Crippen molar-refractivity contribution in [2.24, 2.45) is 4.99 Å². The van der Waals surface area contributed by atoms with E-state index in [1.54, 1.807) is 13.8 Å². The van der Waals surface area contributed by atoms with Crippen molar-refractivity contribution < 1.29 is 32.6 Å². The molecule has 3 aromatic rings. The molecule has 1 atom stereocenters. The zero-order valence-corrected chi connectivity index (χ0v) is 28.4. The molecule has 0 fully saturated rings. The predicted molar refractivity (Wildman–Crippen MR) is 180 cm³/mol. The Balaban J connectivity index is 1.15. The van der Waals surface area contributed by atoms with Crippen LogP contribution in [-0.4, -0.2) is 63.4 Å². The van der Waals surface area contributed by atoms with Gasteiger partial charge in [0.2, 0.25) is 5.96 Å². The smallest absolute Gasteiger partial charge is 0.407 e. The van der Waals surface area contributed by atoms with E-state index in [4.69, 9.17) is 9.47 Å². The Morgan fingerprint density at radius 2 is 1.64 bits per heavy atom. The highest BCUT2D eigenvalue weighted by Crippen LogP contribution is 2.45. The second-order valence-corrected chi connectivity index (χ2v) is 14.3. The summed E-state index contributed by atoms with van der Waals surface area (Å²) in [4.78, 5) is 28.9. The molecular formula is C35H42N4O7S. The van der Waals surface area contributed by atoms with E-state index in [1.165, 1.54) is 7.05 Å². The lowest BCUT2D eigenvalue weighted by Gasteiger charge is -2.20. The number of aliphatic imine (C=N–C) groups is 1. The molecule has 2 aliphatic rings. The summed E-state index contributed by atoms with van der Waals surface area (Å²) in [6, 6.07) is 14.7. The van der Waals surface area contributed by atoms with Gasteiger partial charge in [-0.25, -0.2) is 22.7 Å². The average Bonchev–Trinajstić information content (AvgIpc) is 3.53. The van der Waals surface area contributed by atoms with E-state index in [0.717, 1.165) is 39.1 Å². The molecule has 1 heterocycles. The fraction of sp³-hybridized carbons (Fsp3) is 0.400. The number of guanidine groups is 1. The summed E-state index contributed by atoms with van der Waals surface area (Å²) in [5.74, 6) is -0.584. The van der Waals surface area contributed by atoms with Gasteiger partial charge < -0.3 is 25.2 Å². The van der Waals surface area contributed by atoms with Crippen molar-refractivity contribution >= 4 is 28.0 Å². The van der Waals surface area contributed by atoms with Crippen LogP contribution in [0.2, 0.25) is 0 Å². The summed E-state index contributed by atoms with van der Waals surface area (Å²) in [6.07, 6.45) is 0.150. The summed E-state index contributed by atoms with van der Waals surface area (Å²) in [5, 5.41) is 15.1. The van der Waals surface area contributed by atoms with Gasteiger partial charge in [-0.05, 0) is 86.4 Å². The number of benzene rings is 3. The second-order valence-electron chi connectivity index (χ2n) is 12.7. The first-order valence-electron chi connectivity index (χ1n) is 15.6. The SMILES string of the molecule is CN=C(NCCC[C@H](NC(=O)OCC1c2ccccc2-c2ccccc21)C(=O)O)NS(=O)(=O)c1c(C)c(C)c2c(c1C)CC(C)(C)O2. The molecule has 11 nitrogen and oxygen atoms in total. The number of rotatable bonds is 10. The van der Waals surface area contributed by atoms with Gasteiger partial charge in [0.15, 0.2) is 0 Å². The lowest BCUT2D eigenvalue weighted by molar-refractivity contribution is -0.139. The molecule has 4 N–H and O–H groups in total. The molecule has 0 saturated carbocycles. The fourth-order valence-corrected chi connectivity index (χ4v) is 8.14. The van der Waals surface area contributed by atoms with Crippen LogP contribution in [0.5, 0.6) is 5.75 Å². The first-order chi connectivity index (χ1) is 22.2. The number of alkyl carbamates (subject to hydrolysis) is 1. The zero-order chi connectivity index (χ0) is 34.1. The molecular weight excluding hydrogens is 620 g/mol. The van der Waals surface area contributed by atoms with Crippen LogP contribution in [0, 0.1) is 20.8 Å². The maximum atomic E-state index is 13.6. The van der Waals surface area contributed by atoms with Gasteiger partial charge in [0.1, 0.15) is 24.0 Å². The maximum absolute atomic E-state index is 13.6. The molecule has 0 aromatic heterocycles. The minimum atomic E-state index is -4.01. The first kappa shape index (κ1) is 33.8. The fourth-order valence-electron chi connectivity index (χ4n) is 6.54. The molecule has 1 aliphatic carbocycles. The van der Waals surface area contributed by atoms with E-state index in [-0.39, 0.29) is 36.3 Å². The van der Waals surface area contributed by atoms with Crippen molar-refractivity contribution in [2.45, 2.75) is 76.3 Å². The molecule has 3 aromatic carbocycles. The summed E-state index contributed by atoms with van der Waals surface area (Å²) >= 11 is 0. The lowest BCUT2D eigenvalue weighted by atomic mass is 9.94. The number of nitrogens with one attached hydrogen (secondary N) is 3. The molecule has 1 amide bonds. The topological polar surface area (TPSA) is 155 Å². The Morgan fingerprint density at radius 1 is 1.02 bits per heavy atom. The average molecular weight is 663 g/mol.